The summed E-state index contributed by atoms with van der Waals surface area (Å²) in [4.78, 5) is 27.5. The van der Waals surface area contributed by atoms with E-state index in [0.29, 0.717) is 18.7 Å². The van der Waals surface area contributed by atoms with Crippen LogP contribution in [-0.2, 0) is 4.79 Å². The van der Waals surface area contributed by atoms with Crippen LogP contribution < -0.4 is 10.6 Å². The van der Waals surface area contributed by atoms with Gasteiger partial charge in [0.25, 0.3) is 5.91 Å². The SMILES string of the molecule is O=C(NCCNC(=O)C1(N2CCCCC2)CCCCC1)c1ccc(F)cc1. The summed E-state index contributed by atoms with van der Waals surface area (Å²) >= 11 is 0. The number of likely N-dealkylation sites (tertiary alicyclic amines) is 1. The van der Waals surface area contributed by atoms with Gasteiger partial charge in [-0.2, -0.15) is 0 Å². The molecule has 1 aliphatic carbocycles. The number of halogens is 1. The molecule has 0 spiro atoms. The zero-order chi connectivity index (χ0) is 19.1. The largest absolute Gasteiger partial charge is 0.353 e. The van der Waals surface area contributed by atoms with Crippen LogP contribution in [0.25, 0.3) is 0 Å². The third kappa shape index (κ3) is 4.86. The van der Waals surface area contributed by atoms with Crippen molar-refractivity contribution in [3.05, 3.63) is 35.6 Å². The van der Waals surface area contributed by atoms with Crippen molar-refractivity contribution in [2.45, 2.75) is 56.9 Å². The molecular formula is C21H30FN3O2. The second kappa shape index (κ2) is 9.31. The summed E-state index contributed by atoms with van der Waals surface area (Å²) in [5.41, 5.74) is 0.0550. The Morgan fingerprint density at radius 3 is 2.15 bits per heavy atom. The maximum absolute atomic E-state index is 13.1. The average Bonchev–Trinajstić information content (AvgIpc) is 2.72. The lowest BCUT2D eigenvalue weighted by molar-refractivity contribution is -0.137. The van der Waals surface area contributed by atoms with Gasteiger partial charge in [-0.25, -0.2) is 4.39 Å². The van der Waals surface area contributed by atoms with Crippen LogP contribution in [0.5, 0.6) is 0 Å². The lowest BCUT2D eigenvalue weighted by Crippen LogP contribution is -2.61. The maximum Gasteiger partial charge on any atom is 0.251 e. The lowest BCUT2D eigenvalue weighted by Gasteiger charge is -2.46. The van der Waals surface area contributed by atoms with E-state index in [9.17, 15) is 14.0 Å². The van der Waals surface area contributed by atoms with Crippen molar-refractivity contribution in [3.63, 3.8) is 0 Å². The van der Waals surface area contributed by atoms with Gasteiger partial charge in [0, 0.05) is 18.7 Å². The van der Waals surface area contributed by atoms with Crippen molar-refractivity contribution >= 4 is 11.8 Å². The first kappa shape index (κ1) is 19.8. The number of piperidine rings is 1. The third-order valence-corrected chi connectivity index (χ3v) is 5.87. The molecule has 1 aliphatic heterocycles. The van der Waals surface area contributed by atoms with E-state index in [2.05, 4.69) is 15.5 Å². The molecule has 6 heteroatoms. The normalized spacial score (nSPS) is 20.0. The van der Waals surface area contributed by atoms with Crippen LogP contribution in [-0.4, -0.2) is 48.4 Å². The number of nitrogens with zero attached hydrogens (tertiary/aromatic N) is 1. The number of rotatable bonds is 6. The second-order valence-corrected chi connectivity index (χ2v) is 7.66. The molecule has 1 aromatic rings. The minimum atomic E-state index is -0.366. The quantitative estimate of drug-likeness (QED) is 0.752. The molecule has 1 aromatic carbocycles. The molecular weight excluding hydrogens is 345 g/mol. The van der Waals surface area contributed by atoms with Gasteiger partial charge < -0.3 is 10.6 Å². The van der Waals surface area contributed by atoms with Crippen LogP contribution >= 0.6 is 0 Å². The summed E-state index contributed by atoms with van der Waals surface area (Å²) in [7, 11) is 0. The number of benzene rings is 1. The molecule has 3 rings (SSSR count). The van der Waals surface area contributed by atoms with Crippen molar-refractivity contribution in [1.82, 2.24) is 15.5 Å². The van der Waals surface area contributed by atoms with Gasteiger partial charge in [0.2, 0.25) is 5.91 Å². The molecule has 0 radical (unpaired) electrons. The standard InChI is InChI=1S/C21H30FN3O2/c22-18-9-7-17(8-10-18)19(26)23-13-14-24-20(27)21(11-3-1-4-12-21)25-15-5-2-6-16-25/h7-10H,1-6,11-16H2,(H,23,26)(H,24,27). The van der Waals surface area contributed by atoms with Crippen LogP contribution in [0.15, 0.2) is 24.3 Å². The molecule has 0 aromatic heterocycles. The van der Waals surface area contributed by atoms with Crippen molar-refractivity contribution < 1.29 is 14.0 Å². The Labute approximate surface area is 160 Å². The van der Waals surface area contributed by atoms with E-state index >= 15 is 0 Å². The molecule has 5 nitrogen and oxygen atoms in total. The zero-order valence-corrected chi connectivity index (χ0v) is 15.9. The highest BCUT2D eigenvalue weighted by Crippen LogP contribution is 2.35. The highest BCUT2D eigenvalue weighted by molar-refractivity contribution is 5.94. The summed E-state index contributed by atoms with van der Waals surface area (Å²) in [6.45, 7) is 2.78. The van der Waals surface area contributed by atoms with E-state index in [1.54, 1.807) is 0 Å². The highest BCUT2D eigenvalue weighted by atomic mass is 19.1. The molecule has 2 N–H and O–H groups in total. The first-order valence-corrected chi connectivity index (χ1v) is 10.2. The average molecular weight is 375 g/mol. The van der Waals surface area contributed by atoms with Gasteiger partial charge in [-0.15, -0.1) is 0 Å². The molecule has 148 valence electrons. The number of hydrogen-bond acceptors (Lipinski definition) is 3. The number of nitrogens with one attached hydrogen (secondary N) is 2. The van der Waals surface area contributed by atoms with E-state index < -0.39 is 0 Å². The Bertz CT molecular complexity index is 635. The van der Waals surface area contributed by atoms with Crippen LogP contribution in [0.1, 0.15) is 61.7 Å². The number of amides is 2. The van der Waals surface area contributed by atoms with Crippen LogP contribution in [0.4, 0.5) is 4.39 Å². The van der Waals surface area contributed by atoms with E-state index in [0.717, 1.165) is 38.8 Å². The topological polar surface area (TPSA) is 61.4 Å². The van der Waals surface area contributed by atoms with Crippen LogP contribution in [0.3, 0.4) is 0 Å². The predicted octanol–water partition coefficient (Wildman–Crippen LogP) is 2.86. The summed E-state index contributed by atoms with van der Waals surface area (Å²) in [5, 5.41) is 5.83. The van der Waals surface area contributed by atoms with E-state index in [-0.39, 0.29) is 23.2 Å². The van der Waals surface area contributed by atoms with Gasteiger partial charge in [-0.1, -0.05) is 25.7 Å². The van der Waals surface area contributed by atoms with Gasteiger partial charge in [-0.05, 0) is 63.0 Å². The van der Waals surface area contributed by atoms with Gasteiger partial charge >= 0.3 is 0 Å². The second-order valence-electron chi connectivity index (χ2n) is 7.66. The molecule has 27 heavy (non-hydrogen) atoms. The predicted molar refractivity (Wildman–Crippen MR) is 103 cm³/mol. The fraction of sp³-hybridized carbons (Fsp3) is 0.619. The summed E-state index contributed by atoms with van der Waals surface area (Å²) in [6, 6.07) is 5.44. The Balaban J connectivity index is 1.50. The maximum atomic E-state index is 13.1. The lowest BCUT2D eigenvalue weighted by atomic mass is 9.78. The molecule has 1 saturated heterocycles. The van der Waals surface area contributed by atoms with Crippen molar-refractivity contribution in [1.29, 1.82) is 0 Å². The van der Waals surface area contributed by atoms with Crippen molar-refractivity contribution in [2.24, 2.45) is 0 Å². The number of carbonyl (C=O) groups excluding carboxylic acids is 2. The van der Waals surface area contributed by atoms with Crippen molar-refractivity contribution in [2.75, 3.05) is 26.2 Å². The molecule has 0 bridgehead atoms. The molecule has 0 unspecified atom stereocenters. The fourth-order valence-corrected chi connectivity index (χ4v) is 4.37. The number of carbonyl (C=O) groups is 2. The zero-order valence-electron chi connectivity index (χ0n) is 15.9. The highest BCUT2D eigenvalue weighted by Gasteiger charge is 2.44. The van der Waals surface area contributed by atoms with Gasteiger partial charge in [-0.3, -0.25) is 14.5 Å². The fourth-order valence-electron chi connectivity index (χ4n) is 4.37. The molecule has 2 amide bonds. The Hall–Kier alpha value is -1.95. The molecule has 2 fully saturated rings. The monoisotopic (exact) mass is 375 g/mol. The van der Waals surface area contributed by atoms with E-state index in [1.165, 1.54) is 49.9 Å². The van der Waals surface area contributed by atoms with Gasteiger partial charge in [0.05, 0.1) is 0 Å². The number of hydrogen-bond donors (Lipinski definition) is 2. The minimum absolute atomic E-state index is 0.111. The van der Waals surface area contributed by atoms with Crippen LogP contribution in [0.2, 0.25) is 0 Å². The summed E-state index contributed by atoms with van der Waals surface area (Å²) in [5.74, 6) is -0.512. The summed E-state index contributed by atoms with van der Waals surface area (Å²) in [6.07, 6.45) is 8.86. The van der Waals surface area contributed by atoms with Gasteiger partial charge in [0.15, 0.2) is 0 Å². The molecule has 1 heterocycles. The van der Waals surface area contributed by atoms with Gasteiger partial charge in [0.1, 0.15) is 11.4 Å². The molecule has 1 saturated carbocycles. The smallest absolute Gasteiger partial charge is 0.251 e. The van der Waals surface area contributed by atoms with Crippen molar-refractivity contribution in [3.8, 4) is 0 Å². The first-order chi connectivity index (χ1) is 13.1. The Morgan fingerprint density at radius 2 is 1.48 bits per heavy atom. The third-order valence-electron chi connectivity index (χ3n) is 5.87. The first-order valence-electron chi connectivity index (χ1n) is 10.2. The summed E-state index contributed by atoms with van der Waals surface area (Å²) < 4.78 is 12.9. The molecule has 0 atom stereocenters. The Morgan fingerprint density at radius 1 is 0.889 bits per heavy atom. The van der Waals surface area contributed by atoms with Crippen LogP contribution in [0, 0.1) is 5.82 Å². The van der Waals surface area contributed by atoms with E-state index in [4.69, 9.17) is 0 Å². The minimum Gasteiger partial charge on any atom is -0.353 e. The molecule has 2 aliphatic rings. The Kier molecular flexibility index (Phi) is 6.83. The van der Waals surface area contributed by atoms with E-state index in [1.807, 2.05) is 0 Å².